The van der Waals surface area contributed by atoms with E-state index in [1.807, 2.05) is 60.7 Å². The summed E-state index contributed by atoms with van der Waals surface area (Å²) in [6.07, 6.45) is 0. The number of ether oxygens (including phenoxy) is 1. The summed E-state index contributed by atoms with van der Waals surface area (Å²) in [4.78, 5) is 23.9. The van der Waals surface area contributed by atoms with Crippen LogP contribution in [-0.2, 0) is 14.3 Å². The molecule has 0 N–H and O–H groups in total. The highest BCUT2D eigenvalue weighted by Gasteiger charge is 2.45. The Balaban J connectivity index is 2.06. The predicted octanol–water partition coefficient (Wildman–Crippen LogP) is 2.64. The molecular formula is C16H12O3. The lowest BCUT2D eigenvalue weighted by molar-refractivity contribution is -0.152. The van der Waals surface area contributed by atoms with Crippen LogP contribution in [0.2, 0.25) is 0 Å². The molecule has 3 nitrogen and oxygen atoms in total. The summed E-state index contributed by atoms with van der Waals surface area (Å²) < 4.78 is 4.82. The van der Waals surface area contributed by atoms with E-state index in [-0.39, 0.29) is 0 Å². The van der Waals surface area contributed by atoms with Crippen molar-refractivity contribution in [3.05, 3.63) is 71.8 Å². The van der Waals surface area contributed by atoms with E-state index in [9.17, 15) is 9.59 Å². The van der Waals surface area contributed by atoms with Crippen LogP contribution in [0.1, 0.15) is 23.0 Å². The van der Waals surface area contributed by atoms with Crippen LogP contribution in [0.5, 0.6) is 0 Å². The van der Waals surface area contributed by atoms with Crippen LogP contribution in [0.3, 0.4) is 0 Å². The summed E-state index contributed by atoms with van der Waals surface area (Å²) in [5.41, 5.74) is 1.62. The second kappa shape index (κ2) is 4.69. The van der Waals surface area contributed by atoms with E-state index >= 15 is 0 Å². The lowest BCUT2D eigenvalue weighted by Gasteiger charge is -2.14. The second-order valence-electron chi connectivity index (χ2n) is 4.52. The number of hydrogen-bond acceptors (Lipinski definition) is 3. The summed E-state index contributed by atoms with van der Waals surface area (Å²) in [7, 11) is 0. The van der Waals surface area contributed by atoms with Crippen LogP contribution in [0.15, 0.2) is 60.7 Å². The van der Waals surface area contributed by atoms with E-state index in [0.717, 1.165) is 11.1 Å². The smallest absolute Gasteiger partial charge is 0.322 e. The van der Waals surface area contributed by atoms with Gasteiger partial charge in [0.2, 0.25) is 0 Å². The highest BCUT2D eigenvalue weighted by atomic mass is 16.6. The van der Waals surface area contributed by atoms with Crippen molar-refractivity contribution in [3.63, 3.8) is 0 Å². The first-order chi connectivity index (χ1) is 9.27. The van der Waals surface area contributed by atoms with E-state index in [4.69, 9.17) is 4.74 Å². The van der Waals surface area contributed by atoms with Crippen LogP contribution in [0.4, 0.5) is 0 Å². The van der Waals surface area contributed by atoms with Gasteiger partial charge in [-0.1, -0.05) is 60.7 Å². The average Bonchev–Trinajstić information content (AvgIpc) is 2.75. The molecule has 3 heteroatoms. The fourth-order valence-corrected chi connectivity index (χ4v) is 2.48. The maximum absolute atomic E-state index is 11.9. The van der Waals surface area contributed by atoms with Gasteiger partial charge in [-0.3, -0.25) is 9.59 Å². The van der Waals surface area contributed by atoms with Gasteiger partial charge in [-0.05, 0) is 11.1 Å². The molecule has 0 aliphatic carbocycles. The fraction of sp³-hybridized carbons (Fsp3) is 0.125. The average molecular weight is 252 g/mol. The Morgan fingerprint density at radius 2 is 1.00 bits per heavy atom. The third kappa shape index (κ3) is 2.03. The molecular weight excluding hydrogens is 240 g/mol. The van der Waals surface area contributed by atoms with E-state index < -0.39 is 23.8 Å². The van der Waals surface area contributed by atoms with Crippen LogP contribution in [0.25, 0.3) is 0 Å². The Hall–Kier alpha value is -2.42. The first kappa shape index (κ1) is 11.7. The summed E-state index contributed by atoms with van der Waals surface area (Å²) >= 11 is 0. The van der Waals surface area contributed by atoms with Gasteiger partial charge in [0.15, 0.2) is 0 Å². The number of rotatable bonds is 2. The molecule has 1 saturated heterocycles. The zero-order chi connectivity index (χ0) is 13.2. The number of cyclic esters (lactones) is 2. The molecule has 2 aromatic carbocycles. The molecule has 1 aliphatic heterocycles. The molecule has 2 atom stereocenters. The SMILES string of the molecule is O=C1OC(=O)C(c2ccccc2)C1c1ccccc1. The van der Waals surface area contributed by atoms with E-state index in [1.165, 1.54) is 0 Å². The van der Waals surface area contributed by atoms with Gasteiger partial charge in [0, 0.05) is 0 Å². The fourth-order valence-electron chi connectivity index (χ4n) is 2.48. The topological polar surface area (TPSA) is 43.4 Å². The quantitative estimate of drug-likeness (QED) is 0.609. The zero-order valence-corrected chi connectivity index (χ0v) is 10.2. The maximum atomic E-state index is 11.9. The number of carbonyl (C=O) groups excluding carboxylic acids is 2. The Labute approximate surface area is 110 Å². The van der Waals surface area contributed by atoms with Crippen LogP contribution >= 0.6 is 0 Å². The molecule has 19 heavy (non-hydrogen) atoms. The first-order valence-corrected chi connectivity index (χ1v) is 6.13. The molecule has 0 radical (unpaired) electrons. The number of esters is 2. The minimum Gasteiger partial charge on any atom is -0.392 e. The van der Waals surface area contributed by atoms with Crippen molar-refractivity contribution in [3.8, 4) is 0 Å². The molecule has 1 aliphatic rings. The van der Waals surface area contributed by atoms with Gasteiger partial charge < -0.3 is 4.74 Å². The summed E-state index contributed by atoms with van der Waals surface area (Å²) in [6, 6.07) is 18.6. The number of hydrogen-bond donors (Lipinski definition) is 0. The van der Waals surface area contributed by atoms with E-state index in [0.29, 0.717) is 0 Å². The lowest BCUT2D eigenvalue weighted by Crippen LogP contribution is -2.14. The van der Waals surface area contributed by atoms with Gasteiger partial charge in [0.05, 0.1) is 11.8 Å². The van der Waals surface area contributed by atoms with Crippen molar-refractivity contribution in [1.82, 2.24) is 0 Å². The molecule has 2 unspecified atom stereocenters. The van der Waals surface area contributed by atoms with E-state index in [2.05, 4.69) is 0 Å². The normalized spacial score (nSPS) is 22.3. The van der Waals surface area contributed by atoms with Crippen LogP contribution < -0.4 is 0 Å². The van der Waals surface area contributed by atoms with Gasteiger partial charge >= 0.3 is 11.9 Å². The molecule has 94 valence electrons. The molecule has 0 bridgehead atoms. The third-order valence-corrected chi connectivity index (χ3v) is 3.36. The number of benzene rings is 2. The van der Waals surface area contributed by atoms with Crippen molar-refractivity contribution in [2.75, 3.05) is 0 Å². The minimum absolute atomic E-state index is 0.468. The summed E-state index contributed by atoms with van der Waals surface area (Å²) in [5.74, 6) is -2.03. The van der Waals surface area contributed by atoms with Crippen molar-refractivity contribution >= 4 is 11.9 Å². The monoisotopic (exact) mass is 252 g/mol. The summed E-state index contributed by atoms with van der Waals surface area (Å²) in [6.45, 7) is 0. The Kier molecular flexibility index (Phi) is 2.88. The molecule has 1 fully saturated rings. The van der Waals surface area contributed by atoms with E-state index in [1.54, 1.807) is 0 Å². The van der Waals surface area contributed by atoms with Crippen LogP contribution in [-0.4, -0.2) is 11.9 Å². The van der Waals surface area contributed by atoms with Gasteiger partial charge in [-0.15, -0.1) is 0 Å². The van der Waals surface area contributed by atoms with Gasteiger partial charge in [-0.2, -0.15) is 0 Å². The Morgan fingerprint density at radius 3 is 1.37 bits per heavy atom. The highest BCUT2D eigenvalue weighted by molar-refractivity contribution is 6.02. The molecule has 3 rings (SSSR count). The lowest BCUT2D eigenvalue weighted by atomic mass is 9.83. The molecule has 0 saturated carbocycles. The predicted molar refractivity (Wildman–Crippen MR) is 69.5 cm³/mol. The van der Waals surface area contributed by atoms with Crippen molar-refractivity contribution in [2.45, 2.75) is 11.8 Å². The number of carbonyl (C=O) groups is 2. The molecule has 0 aromatic heterocycles. The van der Waals surface area contributed by atoms with Crippen molar-refractivity contribution < 1.29 is 14.3 Å². The van der Waals surface area contributed by atoms with Crippen molar-refractivity contribution in [1.29, 1.82) is 0 Å². The Morgan fingerprint density at radius 1 is 0.632 bits per heavy atom. The summed E-state index contributed by atoms with van der Waals surface area (Å²) in [5, 5.41) is 0. The molecule has 0 spiro atoms. The highest BCUT2D eigenvalue weighted by Crippen LogP contribution is 2.39. The van der Waals surface area contributed by atoms with Gasteiger partial charge in [0.1, 0.15) is 0 Å². The largest absolute Gasteiger partial charge is 0.392 e. The van der Waals surface area contributed by atoms with Gasteiger partial charge in [0.25, 0.3) is 0 Å². The molecule has 0 amide bonds. The van der Waals surface area contributed by atoms with Gasteiger partial charge in [-0.25, -0.2) is 0 Å². The Bertz CT molecular complexity index is 549. The van der Waals surface area contributed by atoms with Crippen LogP contribution in [0, 0.1) is 0 Å². The minimum atomic E-state index is -0.545. The third-order valence-electron chi connectivity index (χ3n) is 3.36. The molecule has 1 heterocycles. The standard InChI is InChI=1S/C16H12O3/c17-15-13(11-7-3-1-4-8-11)14(16(18)19-15)12-9-5-2-6-10-12/h1-10,13-14H. The first-order valence-electron chi connectivity index (χ1n) is 6.13. The second-order valence-corrected chi connectivity index (χ2v) is 4.52. The maximum Gasteiger partial charge on any atom is 0.322 e. The van der Waals surface area contributed by atoms with Crippen molar-refractivity contribution in [2.24, 2.45) is 0 Å². The zero-order valence-electron chi connectivity index (χ0n) is 10.2. The molecule has 2 aromatic rings.